The van der Waals surface area contributed by atoms with Crippen molar-refractivity contribution in [1.29, 1.82) is 0 Å². The van der Waals surface area contributed by atoms with Crippen molar-refractivity contribution >= 4 is 22.6 Å². The fraction of sp³-hybridized carbons (Fsp3) is 0.625. The van der Waals surface area contributed by atoms with Gasteiger partial charge in [-0.15, -0.1) is 0 Å². The van der Waals surface area contributed by atoms with Crippen LogP contribution in [-0.4, -0.2) is 37.6 Å². The predicted octanol–water partition coefficient (Wildman–Crippen LogP) is 3.69. The number of benzene rings is 1. The maximum Gasteiger partial charge on any atom is 0.146 e. The lowest BCUT2D eigenvalue weighted by Crippen LogP contribution is -2.34. The van der Waals surface area contributed by atoms with Gasteiger partial charge < -0.3 is 14.2 Å². The zero-order chi connectivity index (χ0) is 14.8. The summed E-state index contributed by atoms with van der Waals surface area (Å²) in [4.78, 5) is 0. The molecule has 0 fully saturated rings. The van der Waals surface area contributed by atoms with Crippen molar-refractivity contribution in [3.8, 4) is 0 Å². The molecule has 0 N–H and O–H groups in total. The smallest absolute Gasteiger partial charge is 0.146 e. The molecule has 0 bridgehead atoms. The predicted molar refractivity (Wildman–Crippen MR) is 90.4 cm³/mol. The van der Waals surface area contributed by atoms with Gasteiger partial charge in [-0.05, 0) is 18.4 Å². The lowest BCUT2D eigenvalue weighted by molar-refractivity contribution is -0.109. The highest BCUT2D eigenvalue weighted by Gasteiger charge is 2.25. The molecule has 3 atom stereocenters. The Labute approximate surface area is 136 Å². The molecular weight excluding hydrogens is 367 g/mol. The summed E-state index contributed by atoms with van der Waals surface area (Å²) in [6.45, 7) is 2.53. The van der Waals surface area contributed by atoms with Gasteiger partial charge >= 0.3 is 0 Å². The second-order valence-corrected chi connectivity index (χ2v) is 5.80. The summed E-state index contributed by atoms with van der Waals surface area (Å²) in [5.74, 6) is 0.343. The highest BCUT2D eigenvalue weighted by molar-refractivity contribution is 14.1. The maximum absolute atomic E-state index is 5.85. The third kappa shape index (κ3) is 6.08. The molecular formula is C16H25IO3. The van der Waals surface area contributed by atoms with Gasteiger partial charge in [-0.25, -0.2) is 0 Å². The lowest BCUT2D eigenvalue weighted by Gasteiger charge is -2.29. The van der Waals surface area contributed by atoms with Crippen molar-refractivity contribution in [1.82, 2.24) is 0 Å². The molecule has 0 saturated carbocycles. The molecule has 3 nitrogen and oxygen atoms in total. The van der Waals surface area contributed by atoms with Crippen LogP contribution in [-0.2, 0) is 20.6 Å². The Morgan fingerprint density at radius 1 is 1.10 bits per heavy atom. The van der Waals surface area contributed by atoms with Gasteiger partial charge in [0, 0.05) is 24.6 Å². The molecule has 0 heterocycles. The van der Waals surface area contributed by atoms with E-state index in [1.54, 1.807) is 14.2 Å². The largest absolute Gasteiger partial charge is 0.380 e. The van der Waals surface area contributed by atoms with E-state index in [-0.39, 0.29) is 12.2 Å². The molecule has 1 rings (SSSR count). The van der Waals surface area contributed by atoms with Crippen molar-refractivity contribution in [3.63, 3.8) is 0 Å². The van der Waals surface area contributed by atoms with Crippen LogP contribution in [0, 0.1) is 5.92 Å². The fourth-order valence-corrected chi connectivity index (χ4v) is 3.43. The Balaban J connectivity index is 2.58. The van der Waals surface area contributed by atoms with Crippen molar-refractivity contribution in [2.45, 2.75) is 32.0 Å². The number of alkyl halides is 1. The molecule has 0 aliphatic heterocycles. The molecule has 114 valence electrons. The summed E-state index contributed by atoms with van der Waals surface area (Å²) < 4.78 is 17.4. The summed E-state index contributed by atoms with van der Waals surface area (Å²) in [6, 6.07) is 10.5. The van der Waals surface area contributed by atoms with Crippen LogP contribution in [0.3, 0.4) is 0 Å². The minimum atomic E-state index is 0.148. The number of methoxy groups -OCH3 is 2. The van der Waals surface area contributed by atoms with Gasteiger partial charge in [-0.3, -0.25) is 0 Å². The highest BCUT2D eigenvalue weighted by Crippen LogP contribution is 2.21. The van der Waals surface area contributed by atoms with E-state index in [0.29, 0.717) is 12.7 Å². The number of ether oxygens (including phenoxy) is 3. The minimum absolute atomic E-state index is 0.148. The summed E-state index contributed by atoms with van der Waals surface area (Å²) >= 11 is 2.36. The summed E-state index contributed by atoms with van der Waals surface area (Å²) in [6.07, 6.45) is 2.35. The normalized spacial score (nSPS) is 15.8. The maximum atomic E-state index is 5.85. The van der Waals surface area contributed by atoms with Crippen LogP contribution in [0.5, 0.6) is 0 Å². The summed E-state index contributed by atoms with van der Waals surface area (Å²) in [5.41, 5.74) is 1.34. The first-order valence-corrected chi connectivity index (χ1v) is 8.48. The molecule has 4 heteroatoms. The Kier molecular flexibility index (Phi) is 9.42. The molecule has 1 aromatic carbocycles. The molecule has 0 saturated heterocycles. The highest BCUT2D eigenvalue weighted by atomic mass is 127. The van der Waals surface area contributed by atoms with Crippen molar-refractivity contribution < 1.29 is 14.2 Å². The minimum Gasteiger partial charge on any atom is -0.380 e. The van der Waals surface area contributed by atoms with E-state index in [9.17, 15) is 0 Å². The van der Waals surface area contributed by atoms with Gasteiger partial charge in [-0.2, -0.15) is 0 Å². The van der Waals surface area contributed by atoms with Crippen LogP contribution in [0.25, 0.3) is 0 Å². The molecule has 0 amide bonds. The van der Waals surface area contributed by atoms with E-state index < -0.39 is 0 Å². The zero-order valence-electron chi connectivity index (χ0n) is 12.5. The van der Waals surface area contributed by atoms with Crippen molar-refractivity contribution in [2.24, 2.45) is 5.92 Å². The van der Waals surface area contributed by atoms with Gasteiger partial charge in [0.1, 0.15) is 6.79 Å². The summed E-state index contributed by atoms with van der Waals surface area (Å²) in [5, 5.41) is 0. The number of hydrogen-bond acceptors (Lipinski definition) is 3. The van der Waals surface area contributed by atoms with Crippen molar-refractivity contribution in [3.05, 3.63) is 35.9 Å². The first kappa shape index (κ1) is 17.9. The molecule has 0 aliphatic carbocycles. The Bertz CT molecular complexity index is 341. The standard InChI is InChI=1S/C16H25IO3/c1-13(16(11-17)19-3)15(20-12-18-2)10-9-14-7-5-4-6-8-14/h4-8,13,15-16H,9-12H2,1-3H3/t13-,15-,16+/m1/s1. The van der Waals surface area contributed by atoms with E-state index in [1.165, 1.54) is 5.56 Å². The van der Waals surface area contributed by atoms with Gasteiger partial charge in [0.15, 0.2) is 0 Å². The van der Waals surface area contributed by atoms with Crippen LogP contribution in [0.4, 0.5) is 0 Å². The number of hydrogen-bond donors (Lipinski definition) is 0. The topological polar surface area (TPSA) is 27.7 Å². The molecule has 0 spiro atoms. The van der Waals surface area contributed by atoms with E-state index in [4.69, 9.17) is 14.2 Å². The Morgan fingerprint density at radius 2 is 1.80 bits per heavy atom. The first-order valence-electron chi connectivity index (χ1n) is 6.96. The molecule has 0 aliphatic rings. The quantitative estimate of drug-likeness (QED) is 0.345. The lowest BCUT2D eigenvalue weighted by atomic mass is 9.93. The summed E-state index contributed by atoms with van der Waals surface area (Å²) in [7, 11) is 3.43. The Hall–Kier alpha value is -0.170. The van der Waals surface area contributed by atoms with E-state index in [1.807, 2.05) is 6.07 Å². The molecule has 1 aromatic rings. The van der Waals surface area contributed by atoms with Crippen LogP contribution < -0.4 is 0 Å². The molecule has 0 radical (unpaired) electrons. The Morgan fingerprint density at radius 3 is 2.35 bits per heavy atom. The second-order valence-electron chi connectivity index (χ2n) is 4.92. The van der Waals surface area contributed by atoms with Crippen molar-refractivity contribution in [2.75, 3.05) is 25.4 Å². The van der Waals surface area contributed by atoms with Crippen LogP contribution in [0.1, 0.15) is 18.9 Å². The average Bonchev–Trinajstić information content (AvgIpc) is 2.49. The van der Waals surface area contributed by atoms with Crippen LogP contribution in [0.15, 0.2) is 30.3 Å². The molecule has 0 unspecified atom stereocenters. The SMILES string of the molecule is COCO[C@H](CCc1ccccc1)[C@@H](C)[C@H](CI)OC. The van der Waals surface area contributed by atoms with Gasteiger partial charge in [0.05, 0.1) is 12.2 Å². The average molecular weight is 392 g/mol. The zero-order valence-corrected chi connectivity index (χ0v) is 14.7. The van der Waals surface area contributed by atoms with E-state index >= 15 is 0 Å². The number of halogens is 1. The third-order valence-corrected chi connectivity index (χ3v) is 4.46. The van der Waals surface area contributed by atoms with Crippen LogP contribution in [0.2, 0.25) is 0 Å². The third-order valence-electron chi connectivity index (χ3n) is 3.59. The number of aryl methyl sites for hydroxylation is 1. The number of rotatable bonds is 10. The molecule has 0 aromatic heterocycles. The first-order chi connectivity index (χ1) is 9.72. The van der Waals surface area contributed by atoms with E-state index in [0.717, 1.165) is 17.3 Å². The van der Waals surface area contributed by atoms with E-state index in [2.05, 4.69) is 53.8 Å². The fourth-order valence-electron chi connectivity index (χ4n) is 2.26. The molecule has 20 heavy (non-hydrogen) atoms. The second kappa shape index (κ2) is 10.5. The van der Waals surface area contributed by atoms with Gasteiger partial charge in [0.2, 0.25) is 0 Å². The van der Waals surface area contributed by atoms with Gasteiger partial charge in [0.25, 0.3) is 0 Å². The monoisotopic (exact) mass is 392 g/mol. The van der Waals surface area contributed by atoms with Gasteiger partial charge in [-0.1, -0.05) is 59.8 Å². The van der Waals surface area contributed by atoms with Crippen LogP contribution >= 0.6 is 22.6 Å².